The van der Waals surface area contributed by atoms with Gasteiger partial charge in [0.05, 0.1) is 10.6 Å². The number of nitrogen functional groups attached to an aromatic ring is 1. The summed E-state index contributed by atoms with van der Waals surface area (Å²) in [7, 11) is 0. The number of hydrogen-bond donors (Lipinski definition) is 2. The van der Waals surface area contributed by atoms with Gasteiger partial charge < -0.3 is 10.3 Å². The Bertz CT molecular complexity index is 488. The third-order valence-corrected chi connectivity index (χ3v) is 3.55. The number of nitro benzene ring substituents is 1. The number of nitrogens with two attached hydrogens (primary N) is 1. The summed E-state index contributed by atoms with van der Waals surface area (Å²) < 4.78 is 0. The van der Waals surface area contributed by atoms with E-state index in [1.807, 2.05) is 6.07 Å². The van der Waals surface area contributed by atoms with Crippen LogP contribution in [0.2, 0.25) is 0 Å². The van der Waals surface area contributed by atoms with Crippen molar-refractivity contribution in [2.24, 2.45) is 11.3 Å². The number of non-ortho nitro benzene ring substituents is 1. The number of nitrogens with zero attached hydrogens (tertiary/aromatic N) is 2. The van der Waals surface area contributed by atoms with Gasteiger partial charge in [-0.3, -0.25) is 16.0 Å². The average Bonchev–Trinajstić information content (AvgIpc) is 2.37. The Labute approximate surface area is 112 Å². The zero-order valence-corrected chi connectivity index (χ0v) is 11.3. The third kappa shape index (κ3) is 3.14. The maximum absolute atomic E-state index is 10.9. The summed E-state index contributed by atoms with van der Waals surface area (Å²) in [6, 6.07) is 4.91. The van der Waals surface area contributed by atoms with Crippen LogP contribution >= 0.6 is 0 Å². The van der Waals surface area contributed by atoms with Crippen molar-refractivity contribution in [3.05, 3.63) is 28.3 Å². The highest BCUT2D eigenvalue weighted by atomic mass is 16.6. The molecule has 0 spiro atoms. The largest absolute Gasteiger partial charge is 0.371 e. The van der Waals surface area contributed by atoms with E-state index < -0.39 is 0 Å². The minimum absolute atomic E-state index is 0.0637. The monoisotopic (exact) mass is 264 g/mol. The van der Waals surface area contributed by atoms with E-state index in [1.165, 1.54) is 12.5 Å². The molecule has 1 saturated heterocycles. The normalized spacial score (nSPS) is 18.2. The van der Waals surface area contributed by atoms with E-state index in [-0.39, 0.29) is 16.0 Å². The Hall–Kier alpha value is -1.82. The first-order chi connectivity index (χ1) is 8.91. The molecule has 1 aliphatic rings. The molecule has 0 aliphatic carbocycles. The first-order valence-corrected chi connectivity index (χ1v) is 6.42. The summed E-state index contributed by atoms with van der Waals surface area (Å²) in [5, 5.41) is 10.9. The van der Waals surface area contributed by atoms with E-state index in [2.05, 4.69) is 24.2 Å². The summed E-state index contributed by atoms with van der Waals surface area (Å²) >= 11 is 0. The van der Waals surface area contributed by atoms with Crippen LogP contribution in [-0.2, 0) is 0 Å². The van der Waals surface area contributed by atoms with Gasteiger partial charge in [0.25, 0.3) is 5.69 Å². The molecule has 0 radical (unpaired) electrons. The van der Waals surface area contributed by atoms with Crippen LogP contribution in [0.1, 0.15) is 26.7 Å². The molecule has 1 heterocycles. The third-order valence-electron chi connectivity index (χ3n) is 3.55. The maximum Gasteiger partial charge on any atom is 0.273 e. The summed E-state index contributed by atoms with van der Waals surface area (Å²) in [4.78, 5) is 12.8. The topological polar surface area (TPSA) is 84.4 Å². The van der Waals surface area contributed by atoms with Crippen molar-refractivity contribution in [2.75, 3.05) is 23.4 Å². The van der Waals surface area contributed by atoms with Gasteiger partial charge in [-0.2, -0.15) is 0 Å². The lowest BCUT2D eigenvalue weighted by Gasteiger charge is -2.39. The molecule has 0 amide bonds. The van der Waals surface area contributed by atoms with Gasteiger partial charge in [0.1, 0.15) is 0 Å². The first-order valence-electron chi connectivity index (χ1n) is 6.42. The number of hydrazine groups is 1. The van der Waals surface area contributed by atoms with E-state index in [4.69, 9.17) is 5.84 Å². The van der Waals surface area contributed by atoms with Crippen LogP contribution in [-0.4, -0.2) is 18.0 Å². The summed E-state index contributed by atoms with van der Waals surface area (Å²) in [6.45, 7) is 6.27. The van der Waals surface area contributed by atoms with E-state index in [9.17, 15) is 10.1 Å². The van der Waals surface area contributed by atoms with Gasteiger partial charge in [0.15, 0.2) is 0 Å². The van der Waals surface area contributed by atoms with Crippen molar-refractivity contribution in [3.8, 4) is 0 Å². The molecule has 3 N–H and O–H groups in total. The molecular formula is C13H20N4O2. The van der Waals surface area contributed by atoms with Crippen molar-refractivity contribution in [1.29, 1.82) is 0 Å². The number of nitro groups is 1. The van der Waals surface area contributed by atoms with E-state index in [0.29, 0.717) is 5.69 Å². The molecule has 1 aromatic rings. The fraction of sp³-hybridized carbons (Fsp3) is 0.538. The predicted octanol–water partition coefficient (Wildman–Crippen LogP) is 2.51. The van der Waals surface area contributed by atoms with Crippen LogP contribution in [0.5, 0.6) is 0 Å². The van der Waals surface area contributed by atoms with E-state index >= 15 is 0 Å². The smallest absolute Gasteiger partial charge is 0.273 e. The zero-order valence-electron chi connectivity index (χ0n) is 11.3. The van der Waals surface area contributed by atoms with Gasteiger partial charge in [-0.1, -0.05) is 13.8 Å². The summed E-state index contributed by atoms with van der Waals surface area (Å²) in [5.74, 6) is 5.38. The van der Waals surface area contributed by atoms with Crippen molar-refractivity contribution in [3.63, 3.8) is 0 Å². The molecule has 0 aromatic heterocycles. The summed E-state index contributed by atoms with van der Waals surface area (Å²) in [6.07, 6.45) is 2.28. The van der Waals surface area contributed by atoms with E-state index in [0.717, 1.165) is 25.2 Å². The SMILES string of the molecule is CC1(C)CCCN(c2cc(NN)cc([N+](=O)[O-])c2)C1. The average molecular weight is 264 g/mol. The zero-order chi connectivity index (χ0) is 14.0. The lowest BCUT2D eigenvalue weighted by molar-refractivity contribution is -0.384. The number of anilines is 2. The van der Waals surface area contributed by atoms with Crippen molar-refractivity contribution in [2.45, 2.75) is 26.7 Å². The summed E-state index contributed by atoms with van der Waals surface area (Å²) in [5.41, 5.74) is 4.21. The number of piperidine rings is 1. The van der Waals surface area contributed by atoms with Gasteiger partial charge in [-0.25, -0.2) is 0 Å². The van der Waals surface area contributed by atoms with Crippen LogP contribution in [0, 0.1) is 15.5 Å². The Balaban J connectivity index is 2.33. The second-order valence-corrected chi connectivity index (χ2v) is 5.83. The predicted molar refractivity (Wildman–Crippen MR) is 76.1 cm³/mol. The Kier molecular flexibility index (Phi) is 3.61. The molecule has 0 atom stereocenters. The van der Waals surface area contributed by atoms with Crippen molar-refractivity contribution < 1.29 is 4.92 Å². The molecule has 1 aliphatic heterocycles. The fourth-order valence-corrected chi connectivity index (χ4v) is 2.61. The van der Waals surface area contributed by atoms with Gasteiger partial charge in [-0.15, -0.1) is 0 Å². The molecule has 6 nitrogen and oxygen atoms in total. The molecule has 0 unspecified atom stereocenters. The molecule has 6 heteroatoms. The second-order valence-electron chi connectivity index (χ2n) is 5.83. The van der Waals surface area contributed by atoms with Crippen molar-refractivity contribution in [1.82, 2.24) is 0 Å². The van der Waals surface area contributed by atoms with Crippen molar-refractivity contribution >= 4 is 17.1 Å². The minimum atomic E-state index is -0.389. The quantitative estimate of drug-likeness (QED) is 0.498. The highest BCUT2D eigenvalue weighted by Crippen LogP contribution is 2.34. The highest BCUT2D eigenvalue weighted by Gasteiger charge is 2.27. The first kappa shape index (κ1) is 13.6. The Morgan fingerprint density at radius 2 is 2.16 bits per heavy atom. The highest BCUT2D eigenvalue weighted by molar-refractivity contribution is 5.64. The molecule has 19 heavy (non-hydrogen) atoms. The van der Waals surface area contributed by atoms with Gasteiger partial charge in [0, 0.05) is 30.9 Å². The van der Waals surface area contributed by atoms with Crippen LogP contribution in [0.3, 0.4) is 0 Å². The number of nitrogens with one attached hydrogen (secondary N) is 1. The number of rotatable bonds is 3. The Morgan fingerprint density at radius 3 is 2.74 bits per heavy atom. The molecule has 1 fully saturated rings. The van der Waals surface area contributed by atoms with Crippen LogP contribution in [0.25, 0.3) is 0 Å². The standard InChI is InChI=1S/C13H20N4O2/c1-13(2)4-3-5-16(9-13)11-6-10(15-14)7-12(8-11)17(18)19/h6-8,15H,3-5,9,14H2,1-2H3. The van der Waals surface area contributed by atoms with Crippen LogP contribution in [0.4, 0.5) is 17.1 Å². The Morgan fingerprint density at radius 1 is 1.42 bits per heavy atom. The number of hydrogen-bond acceptors (Lipinski definition) is 5. The second kappa shape index (κ2) is 5.05. The molecule has 0 bridgehead atoms. The van der Waals surface area contributed by atoms with Gasteiger partial charge in [-0.05, 0) is 24.3 Å². The molecule has 0 saturated carbocycles. The lowest BCUT2D eigenvalue weighted by atomic mass is 9.84. The molecule has 1 aromatic carbocycles. The van der Waals surface area contributed by atoms with Crippen LogP contribution in [0.15, 0.2) is 18.2 Å². The van der Waals surface area contributed by atoms with E-state index in [1.54, 1.807) is 6.07 Å². The van der Waals surface area contributed by atoms with Gasteiger partial charge >= 0.3 is 0 Å². The minimum Gasteiger partial charge on any atom is -0.371 e. The molecule has 104 valence electrons. The molecular weight excluding hydrogens is 244 g/mol. The molecule has 2 rings (SSSR count). The maximum atomic E-state index is 10.9. The lowest BCUT2D eigenvalue weighted by Crippen LogP contribution is -2.40. The number of benzene rings is 1. The van der Waals surface area contributed by atoms with Gasteiger partial charge in [0.2, 0.25) is 0 Å². The fourth-order valence-electron chi connectivity index (χ4n) is 2.61. The van der Waals surface area contributed by atoms with Crippen LogP contribution < -0.4 is 16.2 Å².